The Morgan fingerprint density at radius 1 is 1.10 bits per heavy atom. The van der Waals surface area contributed by atoms with Gasteiger partial charge in [0.1, 0.15) is 0 Å². The standard InChI is InChI=1S/C25H32ClN3O2/c1-27-24(29-18-25(10-11-25)21-6-3-7-22(26)15-21)28-16-19-4-2-5-20(14-19)17-31-23-8-12-30-13-9-23/h2-7,14-15,23H,8-13,16-18H2,1H3,(H2,27,28,29). The molecule has 0 radical (unpaired) electrons. The van der Waals surface area contributed by atoms with Crippen LogP contribution in [-0.4, -0.2) is 38.9 Å². The molecule has 2 aliphatic rings. The summed E-state index contributed by atoms with van der Waals surface area (Å²) in [5.74, 6) is 0.817. The molecule has 0 atom stereocenters. The summed E-state index contributed by atoms with van der Waals surface area (Å²) in [6.07, 6.45) is 4.63. The van der Waals surface area contributed by atoms with Gasteiger partial charge in [0, 0.05) is 43.8 Å². The number of rotatable bonds is 8. The van der Waals surface area contributed by atoms with Gasteiger partial charge in [-0.05, 0) is 54.5 Å². The molecule has 1 heterocycles. The van der Waals surface area contributed by atoms with Crippen molar-refractivity contribution in [2.45, 2.75) is 50.4 Å². The van der Waals surface area contributed by atoms with Crippen LogP contribution in [0.3, 0.4) is 0 Å². The van der Waals surface area contributed by atoms with Crippen LogP contribution in [0.4, 0.5) is 0 Å². The van der Waals surface area contributed by atoms with Crippen LogP contribution in [0.1, 0.15) is 42.4 Å². The molecule has 166 valence electrons. The predicted octanol–water partition coefficient (Wildman–Crippen LogP) is 4.43. The maximum atomic E-state index is 6.19. The quantitative estimate of drug-likeness (QED) is 0.470. The number of ether oxygens (including phenoxy) is 2. The highest BCUT2D eigenvalue weighted by Gasteiger charge is 2.44. The van der Waals surface area contributed by atoms with Crippen molar-refractivity contribution in [1.82, 2.24) is 10.6 Å². The summed E-state index contributed by atoms with van der Waals surface area (Å²) in [7, 11) is 1.81. The van der Waals surface area contributed by atoms with Crippen LogP contribution >= 0.6 is 11.6 Å². The number of hydrogen-bond acceptors (Lipinski definition) is 3. The van der Waals surface area contributed by atoms with E-state index in [1.165, 1.54) is 29.5 Å². The maximum Gasteiger partial charge on any atom is 0.191 e. The predicted molar refractivity (Wildman–Crippen MR) is 126 cm³/mol. The fraction of sp³-hybridized carbons (Fsp3) is 0.480. The zero-order valence-electron chi connectivity index (χ0n) is 18.2. The maximum absolute atomic E-state index is 6.19. The van der Waals surface area contributed by atoms with Crippen molar-refractivity contribution in [1.29, 1.82) is 0 Å². The molecule has 2 aromatic carbocycles. The van der Waals surface area contributed by atoms with E-state index >= 15 is 0 Å². The van der Waals surface area contributed by atoms with Gasteiger partial charge in [-0.25, -0.2) is 0 Å². The minimum Gasteiger partial charge on any atom is -0.381 e. The average molecular weight is 442 g/mol. The lowest BCUT2D eigenvalue weighted by Crippen LogP contribution is -2.40. The number of nitrogens with zero attached hydrogens (tertiary/aromatic N) is 1. The number of benzene rings is 2. The third kappa shape index (κ3) is 6.22. The Kier molecular flexibility index (Phi) is 7.49. The second kappa shape index (κ2) is 10.5. The van der Waals surface area contributed by atoms with Gasteiger partial charge in [-0.1, -0.05) is 48.0 Å². The average Bonchev–Trinajstić information content (AvgIpc) is 3.60. The van der Waals surface area contributed by atoms with Gasteiger partial charge in [0.05, 0.1) is 12.7 Å². The molecule has 1 aliphatic carbocycles. The molecule has 0 aromatic heterocycles. The van der Waals surface area contributed by atoms with Crippen molar-refractivity contribution >= 4 is 17.6 Å². The third-order valence-corrected chi connectivity index (χ3v) is 6.45. The Balaban J connectivity index is 1.26. The topological polar surface area (TPSA) is 54.9 Å². The minimum absolute atomic E-state index is 0.171. The van der Waals surface area contributed by atoms with Crippen molar-refractivity contribution in [2.75, 3.05) is 26.8 Å². The molecule has 1 saturated heterocycles. The number of aliphatic imine (C=N–C) groups is 1. The van der Waals surface area contributed by atoms with Crippen LogP contribution in [0.25, 0.3) is 0 Å². The molecule has 0 unspecified atom stereocenters. The Bertz CT molecular complexity index is 892. The SMILES string of the molecule is CN=C(NCc1cccc(COC2CCOCC2)c1)NCC1(c2cccc(Cl)c2)CC1. The van der Waals surface area contributed by atoms with Gasteiger partial charge < -0.3 is 20.1 Å². The summed E-state index contributed by atoms with van der Waals surface area (Å²) in [4.78, 5) is 4.40. The molecule has 1 saturated carbocycles. The number of nitrogens with one attached hydrogen (secondary N) is 2. The van der Waals surface area contributed by atoms with E-state index in [1.807, 2.05) is 19.2 Å². The lowest BCUT2D eigenvalue weighted by atomic mass is 9.96. The summed E-state index contributed by atoms with van der Waals surface area (Å²) < 4.78 is 11.5. The first-order valence-corrected chi connectivity index (χ1v) is 11.5. The highest BCUT2D eigenvalue weighted by molar-refractivity contribution is 6.30. The van der Waals surface area contributed by atoms with Crippen molar-refractivity contribution in [3.8, 4) is 0 Å². The normalized spacial score (nSPS) is 18.6. The van der Waals surface area contributed by atoms with E-state index in [4.69, 9.17) is 21.1 Å². The van der Waals surface area contributed by atoms with Crippen molar-refractivity contribution in [2.24, 2.45) is 4.99 Å². The van der Waals surface area contributed by atoms with Gasteiger partial charge in [0.15, 0.2) is 5.96 Å². The minimum atomic E-state index is 0.171. The highest BCUT2D eigenvalue weighted by atomic mass is 35.5. The summed E-state index contributed by atoms with van der Waals surface area (Å²) in [6, 6.07) is 16.8. The van der Waals surface area contributed by atoms with E-state index < -0.39 is 0 Å². The molecule has 1 aliphatic heterocycles. The van der Waals surface area contributed by atoms with Gasteiger partial charge in [0.2, 0.25) is 0 Å². The Labute approximate surface area is 190 Å². The molecule has 0 amide bonds. The summed E-state index contributed by atoms with van der Waals surface area (Å²) in [6.45, 7) is 3.83. The highest BCUT2D eigenvalue weighted by Crippen LogP contribution is 2.48. The van der Waals surface area contributed by atoms with Gasteiger partial charge in [0.25, 0.3) is 0 Å². The van der Waals surface area contributed by atoms with E-state index in [0.717, 1.165) is 50.1 Å². The van der Waals surface area contributed by atoms with Gasteiger partial charge in [-0.15, -0.1) is 0 Å². The molecule has 4 rings (SSSR count). The summed E-state index contributed by atoms with van der Waals surface area (Å²) in [5, 5.41) is 7.74. The van der Waals surface area contributed by atoms with Crippen LogP contribution in [0.2, 0.25) is 5.02 Å². The fourth-order valence-corrected chi connectivity index (χ4v) is 4.27. The Hall–Kier alpha value is -2.08. The monoisotopic (exact) mass is 441 g/mol. The lowest BCUT2D eigenvalue weighted by Gasteiger charge is -2.22. The van der Waals surface area contributed by atoms with Crippen LogP contribution in [-0.2, 0) is 28.0 Å². The first-order valence-electron chi connectivity index (χ1n) is 11.1. The van der Waals surface area contributed by atoms with E-state index in [9.17, 15) is 0 Å². The third-order valence-electron chi connectivity index (χ3n) is 6.21. The van der Waals surface area contributed by atoms with Crippen LogP contribution in [0.5, 0.6) is 0 Å². The van der Waals surface area contributed by atoms with Gasteiger partial charge in [-0.2, -0.15) is 0 Å². The molecular weight excluding hydrogens is 410 g/mol. The molecule has 2 aromatic rings. The fourth-order valence-electron chi connectivity index (χ4n) is 4.08. The molecule has 6 heteroatoms. The van der Waals surface area contributed by atoms with Crippen molar-refractivity contribution < 1.29 is 9.47 Å². The van der Waals surface area contributed by atoms with Crippen molar-refractivity contribution in [3.05, 3.63) is 70.2 Å². The van der Waals surface area contributed by atoms with Crippen molar-refractivity contribution in [3.63, 3.8) is 0 Å². The van der Waals surface area contributed by atoms with E-state index in [1.54, 1.807) is 0 Å². The molecule has 0 bridgehead atoms. The second-order valence-electron chi connectivity index (χ2n) is 8.51. The molecule has 0 spiro atoms. The number of guanidine groups is 1. The zero-order valence-corrected chi connectivity index (χ0v) is 19.0. The molecule has 2 fully saturated rings. The molecule has 5 nitrogen and oxygen atoms in total. The Morgan fingerprint density at radius 2 is 1.87 bits per heavy atom. The first-order chi connectivity index (χ1) is 15.2. The largest absolute Gasteiger partial charge is 0.381 e. The second-order valence-corrected chi connectivity index (χ2v) is 8.95. The summed E-state index contributed by atoms with van der Waals surface area (Å²) >= 11 is 6.19. The summed E-state index contributed by atoms with van der Waals surface area (Å²) in [5.41, 5.74) is 3.89. The molecular formula is C25H32ClN3O2. The number of halogens is 1. The van der Waals surface area contributed by atoms with E-state index in [-0.39, 0.29) is 5.41 Å². The smallest absolute Gasteiger partial charge is 0.191 e. The van der Waals surface area contributed by atoms with E-state index in [2.05, 4.69) is 52.0 Å². The molecule has 2 N–H and O–H groups in total. The zero-order chi connectivity index (χ0) is 21.5. The van der Waals surface area contributed by atoms with Gasteiger partial charge >= 0.3 is 0 Å². The lowest BCUT2D eigenvalue weighted by molar-refractivity contribution is -0.0390. The number of hydrogen-bond donors (Lipinski definition) is 2. The van der Waals surface area contributed by atoms with Crippen LogP contribution in [0, 0.1) is 0 Å². The van der Waals surface area contributed by atoms with Gasteiger partial charge in [-0.3, -0.25) is 4.99 Å². The van der Waals surface area contributed by atoms with Crippen LogP contribution < -0.4 is 10.6 Å². The Morgan fingerprint density at radius 3 is 2.61 bits per heavy atom. The van der Waals surface area contributed by atoms with E-state index in [0.29, 0.717) is 12.7 Å². The van der Waals surface area contributed by atoms with Crippen LogP contribution in [0.15, 0.2) is 53.5 Å². The molecule has 31 heavy (non-hydrogen) atoms. The first kappa shape index (κ1) is 22.1.